The molecule has 3 heterocycles. The first kappa shape index (κ1) is 21.4. The molecule has 0 atom stereocenters. The monoisotopic (exact) mass is 488 g/mol. The van der Waals surface area contributed by atoms with E-state index in [2.05, 4.69) is 25.6 Å². The van der Waals surface area contributed by atoms with Gasteiger partial charge in [0.15, 0.2) is 11.6 Å². The van der Waals surface area contributed by atoms with E-state index in [9.17, 15) is 4.79 Å². The average Bonchev–Trinajstić information content (AvgIpc) is 3.21. The Hall–Kier alpha value is -2.88. The summed E-state index contributed by atoms with van der Waals surface area (Å²) in [6, 6.07) is 6.00. The van der Waals surface area contributed by atoms with E-state index in [0.717, 1.165) is 27.3 Å². The van der Waals surface area contributed by atoms with Crippen molar-refractivity contribution >= 4 is 22.0 Å². The second-order valence-electron chi connectivity index (χ2n) is 8.38. The van der Waals surface area contributed by atoms with E-state index >= 15 is 0 Å². The van der Waals surface area contributed by atoms with Crippen LogP contribution < -0.4 is 10.5 Å². The average molecular weight is 489 g/mol. The predicted octanol–water partition coefficient (Wildman–Crippen LogP) is 3.96. The standard InChI is InChI=1S/C21H25BrN6O3/c1-12(2)28-19(25-17(26-28)10-21(3,4)31-20(23)29)15-11-27-7-8-30-16-9-13(22)5-6-14(16)18(27)24-15/h5-6,9,11-12H,7-8,10H2,1-4H3,(H2,23,29). The largest absolute Gasteiger partial charge is 0.491 e. The van der Waals surface area contributed by atoms with Crippen molar-refractivity contribution in [3.05, 3.63) is 34.7 Å². The van der Waals surface area contributed by atoms with Gasteiger partial charge in [0.2, 0.25) is 0 Å². The van der Waals surface area contributed by atoms with Gasteiger partial charge in [0.25, 0.3) is 0 Å². The minimum atomic E-state index is -0.820. The van der Waals surface area contributed by atoms with Gasteiger partial charge in [-0.1, -0.05) is 15.9 Å². The first-order chi connectivity index (χ1) is 14.6. The summed E-state index contributed by atoms with van der Waals surface area (Å²) >= 11 is 3.50. The Balaban J connectivity index is 1.74. The van der Waals surface area contributed by atoms with E-state index < -0.39 is 11.7 Å². The fraction of sp³-hybridized carbons (Fsp3) is 0.429. The van der Waals surface area contributed by atoms with E-state index in [-0.39, 0.29) is 6.04 Å². The highest BCUT2D eigenvalue weighted by atomic mass is 79.9. The number of ether oxygens (including phenoxy) is 2. The van der Waals surface area contributed by atoms with Crippen molar-refractivity contribution in [3.8, 4) is 28.7 Å². The van der Waals surface area contributed by atoms with Crippen LogP contribution in [0, 0.1) is 0 Å². The normalized spacial score (nSPS) is 13.4. The number of nitrogens with zero attached hydrogens (tertiary/aromatic N) is 5. The summed E-state index contributed by atoms with van der Waals surface area (Å²) in [4.78, 5) is 20.8. The van der Waals surface area contributed by atoms with Crippen LogP contribution in [0.2, 0.25) is 0 Å². The molecule has 0 radical (unpaired) electrons. The molecule has 0 saturated carbocycles. The third kappa shape index (κ3) is 4.43. The molecule has 1 amide bonds. The molecule has 31 heavy (non-hydrogen) atoms. The van der Waals surface area contributed by atoms with Crippen molar-refractivity contribution in [2.24, 2.45) is 5.73 Å². The molecule has 0 fully saturated rings. The summed E-state index contributed by atoms with van der Waals surface area (Å²) in [6.07, 6.45) is 1.49. The topological polar surface area (TPSA) is 110 Å². The maximum Gasteiger partial charge on any atom is 0.405 e. The summed E-state index contributed by atoms with van der Waals surface area (Å²) in [5.41, 5.74) is 6.03. The summed E-state index contributed by atoms with van der Waals surface area (Å²) < 4.78 is 16.0. The van der Waals surface area contributed by atoms with Gasteiger partial charge in [-0.3, -0.25) is 0 Å². The lowest BCUT2D eigenvalue weighted by molar-refractivity contribution is 0.0445. The number of imidazole rings is 1. The molecule has 0 spiro atoms. The van der Waals surface area contributed by atoms with Gasteiger partial charge in [0, 0.05) is 23.1 Å². The lowest BCUT2D eigenvalue weighted by atomic mass is 10.1. The molecule has 2 aromatic heterocycles. The highest BCUT2D eigenvalue weighted by Gasteiger charge is 2.28. The maximum atomic E-state index is 11.2. The number of benzene rings is 1. The molecule has 0 aliphatic carbocycles. The van der Waals surface area contributed by atoms with Gasteiger partial charge in [-0.05, 0) is 45.9 Å². The number of nitrogens with two attached hydrogens (primary N) is 1. The Kier molecular flexibility index (Phi) is 5.50. The number of carbonyl (C=O) groups is 1. The SMILES string of the molecule is CC(C)n1nc(CC(C)(C)OC(N)=O)nc1-c1cn2c(n1)-c1ccc(Br)cc1OCC2. The zero-order chi connectivity index (χ0) is 22.3. The number of hydrogen-bond acceptors (Lipinski definition) is 6. The third-order valence-electron chi connectivity index (χ3n) is 4.90. The smallest absolute Gasteiger partial charge is 0.405 e. The first-order valence-electron chi connectivity index (χ1n) is 10.1. The quantitative estimate of drug-likeness (QED) is 0.581. The molecule has 10 heteroatoms. The second kappa shape index (κ2) is 7.99. The van der Waals surface area contributed by atoms with E-state index in [4.69, 9.17) is 25.2 Å². The lowest BCUT2D eigenvalue weighted by Gasteiger charge is -2.22. The molecule has 2 N–H and O–H groups in total. The minimum absolute atomic E-state index is 0.0736. The van der Waals surface area contributed by atoms with Crippen LogP contribution in [0.25, 0.3) is 22.9 Å². The fourth-order valence-electron chi connectivity index (χ4n) is 3.63. The number of halogens is 1. The number of carbonyl (C=O) groups excluding carboxylic acids is 1. The van der Waals surface area contributed by atoms with Gasteiger partial charge in [-0.25, -0.2) is 19.4 Å². The van der Waals surface area contributed by atoms with Crippen LogP contribution in [0.5, 0.6) is 5.75 Å². The molecule has 4 rings (SSSR count). The van der Waals surface area contributed by atoms with Gasteiger partial charge < -0.3 is 19.8 Å². The van der Waals surface area contributed by atoms with Crippen LogP contribution in [-0.4, -0.2) is 42.6 Å². The van der Waals surface area contributed by atoms with Gasteiger partial charge in [0.1, 0.15) is 29.5 Å². The molecule has 0 saturated heterocycles. The third-order valence-corrected chi connectivity index (χ3v) is 5.40. The van der Waals surface area contributed by atoms with Crippen LogP contribution in [0.1, 0.15) is 39.6 Å². The fourth-order valence-corrected chi connectivity index (χ4v) is 3.97. The molecule has 1 aliphatic rings. The number of hydrogen-bond donors (Lipinski definition) is 1. The van der Waals surface area contributed by atoms with Crippen molar-refractivity contribution in [2.45, 2.75) is 52.3 Å². The van der Waals surface area contributed by atoms with Crippen molar-refractivity contribution in [2.75, 3.05) is 6.61 Å². The lowest BCUT2D eigenvalue weighted by Crippen LogP contribution is -2.33. The Morgan fingerprint density at radius 1 is 1.32 bits per heavy atom. The van der Waals surface area contributed by atoms with Crippen LogP contribution in [0.3, 0.4) is 0 Å². The number of primary amides is 1. The molecule has 164 valence electrons. The number of amides is 1. The molecule has 0 unspecified atom stereocenters. The van der Waals surface area contributed by atoms with E-state index in [1.807, 2.05) is 42.9 Å². The van der Waals surface area contributed by atoms with E-state index in [0.29, 0.717) is 31.2 Å². The second-order valence-corrected chi connectivity index (χ2v) is 9.30. The Labute approximate surface area is 188 Å². The van der Waals surface area contributed by atoms with Crippen molar-refractivity contribution in [3.63, 3.8) is 0 Å². The molecule has 9 nitrogen and oxygen atoms in total. The molecule has 1 aliphatic heterocycles. The zero-order valence-corrected chi connectivity index (χ0v) is 19.5. The Morgan fingerprint density at radius 2 is 2.10 bits per heavy atom. The highest BCUT2D eigenvalue weighted by Crippen LogP contribution is 2.35. The van der Waals surface area contributed by atoms with Crippen LogP contribution >= 0.6 is 15.9 Å². The molecular weight excluding hydrogens is 464 g/mol. The predicted molar refractivity (Wildman–Crippen MR) is 119 cm³/mol. The first-order valence-corrected chi connectivity index (χ1v) is 10.9. The van der Waals surface area contributed by atoms with Gasteiger partial charge >= 0.3 is 6.09 Å². The van der Waals surface area contributed by atoms with Gasteiger partial charge in [-0.15, -0.1) is 0 Å². The Morgan fingerprint density at radius 3 is 2.81 bits per heavy atom. The summed E-state index contributed by atoms with van der Waals surface area (Å²) in [5, 5.41) is 4.65. The summed E-state index contributed by atoms with van der Waals surface area (Å²) in [6.45, 7) is 8.86. The highest BCUT2D eigenvalue weighted by molar-refractivity contribution is 9.10. The molecular formula is C21H25BrN6O3. The van der Waals surface area contributed by atoms with Gasteiger partial charge in [0.05, 0.1) is 12.1 Å². The minimum Gasteiger partial charge on any atom is -0.491 e. The van der Waals surface area contributed by atoms with Crippen molar-refractivity contribution in [1.82, 2.24) is 24.3 Å². The number of rotatable bonds is 5. The number of fused-ring (bicyclic) bond motifs is 3. The summed E-state index contributed by atoms with van der Waals surface area (Å²) in [7, 11) is 0. The molecule has 3 aromatic rings. The van der Waals surface area contributed by atoms with Crippen LogP contribution in [-0.2, 0) is 17.7 Å². The van der Waals surface area contributed by atoms with Crippen LogP contribution in [0.4, 0.5) is 4.79 Å². The maximum absolute atomic E-state index is 11.2. The molecule has 0 bridgehead atoms. The van der Waals surface area contributed by atoms with Gasteiger partial charge in [-0.2, -0.15) is 5.10 Å². The summed E-state index contributed by atoms with van der Waals surface area (Å²) in [5.74, 6) is 2.85. The van der Waals surface area contributed by atoms with E-state index in [1.54, 1.807) is 13.8 Å². The zero-order valence-electron chi connectivity index (χ0n) is 17.9. The molecule has 1 aromatic carbocycles. The number of aromatic nitrogens is 5. The Bertz CT molecular complexity index is 1130. The van der Waals surface area contributed by atoms with Crippen molar-refractivity contribution < 1.29 is 14.3 Å². The van der Waals surface area contributed by atoms with Crippen LogP contribution in [0.15, 0.2) is 28.9 Å². The van der Waals surface area contributed by atoms with Crippen molar-refractivity contribution in [1.29, 1.82) is 0 Å². The van der Waals surface area contributed by atoms with E-state index in [1.165, 1.54) is 0 Å².